The molecule has 1 aromatic rings. The molecule has 0 radical (unpaired) electrons. The average molecular weight is 318 g/mol. The fraction of sp³-hybridized carbons (Fsp3) is 0.632. The van der Waals surface area contributed by atoms with E-state index in [4.69, 9.17) is 4.74 Å². The lowest BCUT2D eigenvalue weighted by Gasteiger charge is -2.28. The summed E-state index contributed by atoms with van der Waals surface area (Å²) in [5.74, 6) is 0.839. The van der Waals surface area contributed by atoms with Crippen LogP contribution in [0.25, 0.3) is 0 Å². The number of carbonyl (C=O) groups is 1. The zero-order chi connectivity index (χ0) is 16.9. The highest BCUT2D eigenvalue weighted by atomic mass is 16.5. The summed E-state index contributed by atoms with van der Waals surface area (Å²) < 4.78 is 5.93. The van der Waals surface area contributed by atoms with E-state index in [1.807, 2.05) is 38.4 Å². The molecule has 128 valence electrons. The maximum atomic E-state index is 12.3. The Morgan fingerprint density at radius 3 is 2.39 bits per heavy atom. The predicted octanol–water partition coefficient (Wildman–Crippen LogP) is 3.33. The highest BCUT2D eigenvalue weighted by molar-refractivity contribution is 5.94. The van der Waals surface area contributed by atoms with Crippen LogP contribution in [0.15, 0.2) is 24.3 Å². The number of amides is 1. The zero-order valence-electron chi connectivity index (χ0n) is 14.9. The fourth-order valence-corrected chi connectivity index (χ4v) is 3.22. The fourth-order valence-electron chi connectivity index (χ4n) is 3.22. The molecule has 4 heteroatoms. The van der Waals surface area contributed by atoms with E-state index in [-0.39, 0.29) is 11.3 Å². The van der Waals surface area contributed by atoms with Crippen LogP contribution in [-0.2, 0) is 0 Å². The number of nitrogens with zero attached hydrogens (tertiary/aromatic N) is 1. The summed E-state index contributed by atoms with van der Waals surface area (Å²) in [6, 6.07) is 7.49. The summed E-state index contributed by atoms with van der Waals surface area (Å²) in [6.45, 7) is 5.91. The largest absolute Gasteiger partial charge is 0.490 e. The third kappa shape index (κ3) is 5.87. The Kier molecular flexibility index (Phi) is 6.05. The van der Waals surface area contributed by atoms with Crippen LogP contribution in [0.3, 0.4) is 0 Å². The zero-order valence-corrected chi connectivity index (χ0v) is 14.9. The molecule has 0 atom stereocenters. The van der Waals surface area contributed by atoms with E-state index >= 15 is 0 Å². The minimum Gasteiger partial charge on any atom is -0.490 e. The van der Waals surface area contributed by atoms with Gasteiger partial charge in [-0.2, -0.15) is 0 Å². The molecular formula is C19H30N2O2. The summed E-state index contributed by atoms with van der Waals surface area (Å²) in [7, 11) is 4.10. The Bertz CT molecular complexity index is 503. The highest BCUT2D eigenvalue weighted by Crippen LogP contribution is 2.24. The van der Waals surface area contributed by atoms with Crippen molar-refractivity contribution in [3.05, 3.63) is 29.8 Å². The van der Waals surface area contributed by atoms with Crippen LogP contribution in [0.4, 0.5) is 0 Å². The number of ether oxygens (including phenoxy) is 1. The summed E-state index contributed by atoms with van der Waals surface area (Å²) in [4.78, 5) is 14.4. The van der Waals surface area contributed by atoms with Crippen molar-refractivity contribution in [1.82, 2.24) is 10.2 Å². The number of carbonyl (C=O) groups excluding carboxylic acids is 1. The Labute approximate surface area is 140 Å². The van der Waals surface area contributed by atoms with Crippen molar-refractivity contribution in [2.45, 2.75) is 45.6 Å². The molecule has 0 spiro atoms. The van der Waals surface area contributed by atoms with Gasteiger partial charge in [0.05, 0.1) is 6.10 Å². The lowest BCUT2D eigenvalue weighted by atomic mass is 9.93. The maximum absolute atomic E-state index is 12.3. The van der Waals surface area contributed by atoms with Gasteiger partial charge < -0.3 is 15.0 Å². The summed E-state index contributed by atoms with van der Waals surface area (Å²) in [6.07, 6.45) is 5.15. The van der Waals surface area contributed by atoms with Gasteiger partial charge in [-0.3, -0.25) is 4.79 Å². The molecule has 1 aliphatic carbocycles. The first-order chi connectivity index (χ1) is 10.9. The molecule has 0 saturated heterocycles. The van der Waals surface area contributed by atoms with Gasteiger partial charge in [-0.15, -0.1) is 0 Å². The molecule has 1 fully saturated rings. The number of rotatable bonds is 7. The van der Waals surface area contributed by atoms with Crippen LogP contribution < -0.4 is 10.1 Å². The molecule has 0 aliphatic heterocycles. The van der Waals surface area contributed by atoms with E-state index in [1.165, 1.54) is 12.8 Å². The number of hydrogen-bond acceptors (Lipinski definition) is 3. The van der Waals surface area contributed by atoms with Gasteiger partial charge in [0.25, 0.3) is 5.91 Å². The van der Waals surface area contributed by atoms with E-state index in [1.54, 1.807) is 0 Å². The molecule has 4 nitrogen and oxygen atoms in total. The summed E-state index contributed by atoms with van der Waals surface area (Å²) >= 11 is 0. The van der Waals surface area contributed by atoms with Gasteiger partial charge in [-0.1, -0.05) is 13.8 Å². The van der Waals surface area contributed by atoms with Crippen LogP contribution >= 0.6 is 0 Å². The molecule has 1 aliphatic rings. The molecule has 0 bridgehead atoms. The number of benzene rings is 1. The van der Waals surface area contributed by atoms with Gasteiger partial charge in [0.15, 0.2) is 0 Å². The molecule has 0 unspecified atom stereocenters. The van der Waals surface area contributed by atoms with Crippen LogP contribution in [-0.4, -0.2) is 44.1 Å². The monoisotopic (exact) mass is 318 g/mol. The van der Waals surface area contributed by atoms with Crippen molar-refractivity contribution >= 4 is 5.91 Å². The second kappa shape index (κ2) is 7.82. The third-order valence-electron chi connectivity index (χ3n) is 4.19. The molecule has 23 heavy (non-hydrogen) atoms. The van der Waals surface area contributed by atoms with Crippen LogP contribution in [0.2, 0.25) is 0 Å². The van der Waals surface area contributed by atoms with Gasteiger partial charge >= 0.3 is 0 Å². The summed E-state index contributed by atoms with van der Waals surface area (Å²) in [5, 5.41) is 3.03. The molecular weight excluding hydrogens is 288 g/mol. The average Bonchev–Trinajstić information content (AvgIpc) is 2.97. The smallest absolute Gasteiger partial charge is 0.251 e. The highest BCUT2D eigenvalue weighted by Gasteiger charge is 2.20. The van der Waals surface area contributed by atoms with Gasteiger partial charge in [-0.25, -0.2) is 0 Å². The standard InChI is InChI=1S/C19H30N2O2/c1-19(2,14-21(3)4)13-20-18(22)15-9-11-17(12-10-15)23-16-7-5-6-8-16/h9-12,16H,5-8,13-14H2,1-4H3,(H,20,22). The molecule has 0 heterocycles. The SMILES string of the molecule is CN(C)CC(C)(C)CNC(=O)c1ccc(OC2CCCC2)cc1. The second-order valence-corrected chi connectivity index (χ2v) is 7.63. The van der Waals surface area contributed by atoms with Gasteiger partial charge in [0.1, 0.15) is 5.75 Å². The van der Waals surface area contributed by atoms with Gasteiger partial charge in [0.2, 0.25) is 0 Å². The first kappa shape index (κ1) is 17.8. The second-order valence-electron chi connectivity index (χ2n) is 7.63. The van der Waals surface area contributed by atoms with Gasteiger partial charge in [-0.05, 0) is 69.5 Å². The van der Waals surface area contributed by atoms with Crippen LogP contribution in [0.1, 0.15) is 49.9 Å². The Morgan fingerprint density at radius 2 is 1.83 bits per heavy atom. The molecule has 1 amide bonds. The minimum absolute atomic E-state index is 0.0238. The maximum Gasteiger partial charge on any atom is 0.251 e. The lowest BCUT2D eigenvalue weighted by Crippen LogP contribution is -2.39. The topological polar surface area (TPSA) is 41.6 Å². The van der Waals surface area contributed by atoms with Crippen molar-refractivity contribution in [2.75, 3.05) is 27.2 Å². The first-order valence-electron chi connectivity index (χ1n) is 8.55. The minimum atomic E-state index is -0.0238. The van der Waals surface area contributed by atoms with Crippen molar-refractivity contribution in [2.24, 2.45) is 5.41 Å². The Hall–Kier alpha value is -1.55. The molecule has 1 aromatic carbocycles. The molecule has 2 rings (SSSR count). The predicted molar refractivity (Wildman–Crippen MR) is 94.0 cm³/mol. The molecule has 1 saturated carbocycles. The Balaban J connectivity index is 1.84. The van der Waals surface area contributed by atoms with Crippen molar-refractivity contribution in [1.29, 1.82) is 0 Å². The number of hydrogen-bond donors (Lipinski definition) is 1. The van der Waals surface area contributed by atoms with Crippen molar-refractivity contribution in [3.63, 3.8) is 0 Å². The molecule has 1 N–H and O–H groups in total. The van der Waals surface area contributed by atoms with E-state index in [9.17, 15) is 4.79 Å². The van der Waals surface area contributed by atoms with E-state index in [2.05, 4.69) is 24.1 Å². The van der Waals surface area contributed by atoms with E-state index < -0.39 is 0 Å². The normalized spacial score (nSPS) is 15.9. The van der Waals surface area contributed by atoms with Crippen molar-refractivity contribution < 1.29 is 9.53 Å². The third-order valence-corrected chi connectivity index (χ3v) is 4.19. The van der Waals surface area contributed by atoms with Gasteiger partial charge in [0, 0.05) is 18.7 Å². The van der Waals surface area contributed by atoms with Crippen LogP contribution in [0, 0.1) is 5.41 Å². The van der Waals surface area contributed by atoms with E-state index in [0.717, 1.165) is 25.1 Å². The lowest BCUT2D eigenvalue weighted by molar-refractivity contribution is 0.0929. The quantitative estimate of drug-likeness (QED) is 0.838. The number of nitrogens with one attached hydrogen (secondary N) is 1. The van der Waals surface area contributed by atoms with Crippen LogP contribution in [0.5, 0.6) is 5.75 Å². The first-order valence-corrected chi connectivity index (χ1v) is 8.55. The molecule has 0 aromatic heterocycles. The van der Waals surface area contributed by atoms with E-state index in [0.29, 0.717) is 18.2 Å². The van der Waals surface area contributed by atoms with Crippen molar-refractivity contribution in [3.8, 4) is 5.75 Å². The Morgan fingerprint density at radius 1 is 1.22 bits per heavy atom. The summed E-state index contributed by atoms with van der Waals surface area (Å²) in [5.41, 5.74) is 0.731.